The third kappa shape index (κ3) is 4.97. The minimum atomic E-state index is -0.513. The standard InChI is InChI=1S/C15H17BClN3O2.C9H5BrClN3/c1-14(2)15(3,4)22-16(21-14)11-5-6-12-10(13(11)17)9-20(19-12)8-7-18;10-7-1-2-8-6(9(7)11)5-14(13-8)4-3-12/h5-6,9H,8H2,1-4H3;1-2,5H,4H2. The molecule has 1 saturated heterocycles. The fourth-order valence-electron chi connectivity index (χ4n) is 3.67. The molecule has 2 aromatic carbocycles. The van der Waals surface area contributed by atoms with Gasteiger partial charge in [0.05, 0.1) is 44.4 Å². The molecule has 0 aliphatic carbocycles. The van der Waals surface area contributed by atoms with Crippen LogP contribution in [0.5, 0.6) is 0 Å². The number of rotatable bonds is 3. The van der Waals surface area contributed by atoms with Crippen molar-refractivity contribution in [3.05, 3.63) is 51.2 Å². The maximum Gasteiger partial charge on any atom is 0.496 e. The molecule has 36 heavy (non-hydrogen) atoms. The number of nitrogens with zero attached hydrogens (tertiary/aromatic N) is 6. The van der Waals surface area contributed by atoms with Gasteiger partial charge in [-0.25, -0.2) is 0 Å². The molecule has 1 fully saturated rings. The smallest absolute Gasteiger partial charge is 0.399 e. The summed E-state index contributed by atoms with van der Waals surface area (Å²) < 4.78 is 16.1. The Morgan fingerprint density at radius 3 is 1.83 bits per heavy atom. The first-order chi connectivity index (χ1) is 17.0. The summed E-state index contributed by atoms with van der Waals surface area (Å²) in [6, 6.07) is 11.5. The van der Waals surface area contributed by atoms with Crippen LogP contribution >= 0.6 is 39.1 Å². The minimum absolute atomic E-state index is 0.191. The number of hydrogen-bond acceptors (Lipinski definition) is 6. The van der Waals surface area contributed by atoms with Gasteiger partial charge in [-0.2, -0.15) is 20.7 Å². The number of benzene rings is 2. The molecule has 2 aromatic heterocycles. The second-order valence-electron chi connectivity index (χ2n) is 9.25. The van der Waals surface area contributed by atoms with Gasteiger partial charge in [-0.15, -0.1) is 0 Å². The summed E-state index contributed by atoms with van der Waals surface area (Å²) in [6.07, 6.45) is 3.54. The quantitative estimate of drug-likeness (QED) is 0.294. The Labute approximate surface area is 227 Å². The molecule has 0 spiro atoms. The Balaban J connectivity index is 0.000000187. The Morgan fingerprint density at radius 2 is 1.33 bits per heavy atom. The first kappa shape index (κ1) is 26.5. The van der Waals surface area contributed by atoms with E-state index >= 15 is 0 Å². The van der Waals surface area contributed by atoms with Crippen LogP contribution in [0.2, 0.25) is 10.0 Å². The molecule has 1 aliphatic heterocycles. The van der Waals surface area contributed by atoms with E-state index in [1.165, 1.54) is 0 Å². The van der Waals surface area contributed by atoms with E-state index < -0.39 is 18.3 Å². The van der Waals surface area contributed by atoms with Crippen molar-refractivity contribution >= 4 is 73.5 Å². The number of fused-ring (bicyclic) bond motifs is 2. The molecule has 4 aromatic rings. The predicted octanol–water partition coefficient (Wildman–Crippen LogP) is 5.49. The van der Waals surface area contributed by atoms with Crippen LogP contribution in [-0.2, 0) is 22.4 Å². The lowest BCUT2D eigenvalue weighted by atomic mass is 9.78. The molecule has 0 amide bonds. The lowest BCUT2D eigenvalue weighted by molar-refractivity contribution is 0.00578. The van der Waals surface area contributed by atoms with Crippen molar-refractivity contribution in [2.45, 2.75) is 52.0 Å². The van der Waals surface area contributed by atoms with Crippen LogP contribution in [-0.4, -0.2) is 37.9 Å². The number of hydrogen-bond donors (Lipinski definition) is 0. The van der Waals surface area contributed by atoms with Gasteiger partial charge in [0.15, 0.2) is 0 Å². The van der Waals surface area contributed by atoms with Gasteiger partial charge in [-0.05, 0) is 61.8 Å². The van der Waals surface area contributed by atoms with Gasteiger partial charge in [0.2, 0.25) is 0 Å². The summed E-state index contributed by atoms with van der Waals surface area (Å²) in [5, 5.41) is 28.6. The van der Waals surface area contributed by atoms with Crippen molar-refractivity contribution in [3.63, 3.8) is 0 Å². The molecule has 12 heteroatoms. The number of nitriles is 2. The van der Waals surface area contributed by atoms with Crippen LogP contribution in [0.1, 0.15) is 27.7 Å². The van der Waals surface area contributed by atoms with Crippen LogP contribution in [0.3, 0.4) is 0 Å². The van der Waals surface area contributed by atoms with Gasteiger partial charge < -0.3 is 9.31 Å². The molecule has 0 N–H and O–H groups in total. The topological polar surface area (TPSA) is 102 Å². The lowest BCUT2D eigenvalue weighted by Gasteiger charge is -2.32. The van der Waals surface area contributed by atoms with Crippen LogP contribution < -0.4 is 5.46 Å². The van der Waals surface area contributed by atoms with E-state index in [0.29, 0.717) is 10.0 Å². The highest BCUT2D eigenvalue weighted by atomic mass is 79.9. The summed E-state index contributed by atoms with van der Waals surface area (Å²) in [4.78, 5) is 0. The maximum atomic E-state index is 8.77. The van der Waals surface area contributed by atoms with E-state index in [4.69, 9.17) is 43.0 Å². The van der Waals surface area contributed by atoms with E-state index in [2.05, 4.69) is 32.2 Å². The molecule has 8 nitrogen and oxygen atoms in total. The highest BCUT2D eigenvalue weighted by molar-refractivity contribution is 9.10. The molecule has 1 aliphatic rings. The Hall–Kier alpha value is -2.60. The molecule has 5 rings (SSSR count). The van der Waals surface area contributed by atoms with Gasteiger partial charge in [0.25, 0.3) is 0 Å². The second-order valence-corrected chi connectivity index (χ2v) is 10.9. The van der Waals surface area contributed by atoms with Crippen LogP contribution in [0.15, 0.2) is 41.1 Å². The molecule has 0 atom stereocenters. The summed E-state index contributed by atoms with van der Waals surface area (Å²) in [6.45, 7) is 8.45. The predicted molar refractivity (Wildman–Crippen MR) is 144 cm³/mol. The third-order valence-corrected chi connectivity index (χ3v) is 8.02. The van der Waals surface area contributed by atoms with Gasteiger partial charge in [0.1, 0.15) is 13.1 Å². The average Bonchev–Trinajstić information content (AvgIpc) is 3.46. The van der Waals surface area contributed by atoms with Crippen LogP contribution in [0.25, 0.3) is 21.8 Å². The highest BCUT2D eigenvalue weighted by Gasteiger charge is 2.52. The SMILES string of the molecule is CC1(C)OB(c2ccc3nn(CC#N)cc3c2Cl)OC1(C)C.N#CCn1cc2c(Cl)c(Br)ccc2n1. The van der Waals surface area contributed by atoms with E-state index in [9.17, 15) is 0 Å². The fourth-order valence-corrected chi connectivity index (χ4v) is 4.52. The largest absolute Gasteiger partial charge is 0.496 e. The molecule has 0 radical (unpaired) electrons. The van der Waals surface area contributed by atoms with Crippen molar-refractivity contribution in [3.8, 4) is 12.1 Å². The monoisotopic (exact) mass is 586 g/mol. The third-order valence-electron chi connectivity index (χ3n) is 6.30. The molecule has 0 unspecified atom stereocenters. The molecule has 184 valence electrons. The summed E-state index contributed by atoms with van der Waals surface area (Å²) in [5.74, 6) is 0. The van der Waals surface area contributed by atoms with Gasteiger partial charge in [-0.3, -0.25) is 9.36 Å². The summed E-state index contributed by atoms with van der Waals surface area (Å²) in [5.41, 5.74) is 1.50. The van der Waals surface area contributed by atoms with Crippen molar-refractivity contribution in [2.24, 2.45) is 0 Å². The zero-order chi connectivity index (χ0) is 26.3. The van der Waals surface area contributed by atoms with E-state index in [1.54, 1.807) is 21.8 Å². The lowest BCUT2D eigenvalue weighted by Crippen LogP contribution is -2.41. The molecule has 0 bridgehead atoms. The fraction of sp³-hybridized carbons (Fsp3) is 0.333. The first-order valence-corrected chi connectivity index (χ1v) is 12.6. The van der Waals surface area contributed by atoms with E-state index in [1.807, 2.05) is 58.0 Å². The maximum absolute atomic E-state index is 8.77. The van der Waals surface area contributed by atoms with Crippen LogP contribution in [0.4, 0.5) is 0 Å². The van der Waals surface area contributed by atoms with Gasteiger partial charge in [-0.1, -0.05) is 29.3 Å². The Bertz CT molecular complexity index is 1520. The van der Waals surface area contributed by atoms with Crippen molar-refractivity contribution in [1.29, 1.82) is 10.5 Å². The van der Waals surface area contributed by atoms with Gasteiger partial charge in [0, 0.05) is 33.1 Å². The molecular formula is C24H22BBrCl2N6O2. The Morgan fingerprint density at radius 1 is 0.861 bits per heavy atom. The number of aromatic nitrogens is 4. The van der Waals surface area contributed by atoms with Crippen LogP contribution in [0, 0.1) is 22.7 Å². The number of halogens is 3. The first-order valence-electron chi connectivity index (χ1n) is 11.0. The Kier molecular flexibility index (Phi) is 7.39. The molecular weight excluding hydrogens is 566 g/mol. The van der Waals surface area contributed by atoms with E-state index in [-0.39, 0.29) is 13.1 Å². The zero-order valence-electron chi connectivity index (χ0n) is 20.1. The highest BCUT2D eigenvalue weighted by Crippen LogP contribution is 2.37. The van der Waals surface area contributed by atoms with Crippen molar-refractivity contribution < 1.29 is 9.31 Å². The minimum Gasteiger partial charge on any atom is -0.399 e. The second kappa shape index (κ2) is 10.0. The summed E-state index contributed by atoms with van der Waals surface area (Å²) >= 11 is 15.9. The van der Waals surface area contributed by atoms with Crippen molar-refractivity contribution in [2.75, 3.05) is 0 Å². The summed E-state index contributed by atoms with van der Waals surface area (Å²) in [7, 11) is -0.513. The van der Waals surface area contributed by atoms with E-state index in [0.717, 1.165) is 31.7 Å². The van der Waals surface area contributed by atoms with Gasteiger partial charge >= 0.3 is 7.12 Å². The zero-order valence-corrected chi connectivity index (χ0v) is 23.2. The average molecular weight is 588 g/mol. The molecule has 3 heterocycles. The normalized spacial score (nSPS) is 16.0. The van der Waals surface area contributed by atoms with Crippen molar-refractivity contribution in [1.82, 2.24) is 19.6 Å². The molecule has 0 saturated carbocycles.